The molecule has 4 heteroatoms. The van der Waals surface area contributed by atoms with Gasteiger partial charge in [-0.05, 0) is 18.6 Å². The maximum atomic E-state index is 5.70. The SMILES string of the molecule is CCCCCCCCOCc1nc2ccc(N)cc2o1. The molecule has 0 unspecified atom stereocenters. The van der Waals surface area contributed by atoms with E-state index < -0.39 is 0 Å². The number of fused-ring (bicyclic) bond motifs is 1. The summed E-state index contributed by atoms with van der Waals surface area (Å²) in [5, 5.41) is 0. The molecule has 0 atom stereocenters. The molecule has 0 radical (unpaired) electrons. The maximum absolute atomic E-state index is 5.70. The van der Waals surface area contributed by atoms with Crippen molar-refractivity contribution < 1.29 is 9.15 Å². The monoisotopic (exact) mass is 276 g/mol. The van der Waals surface area contributed by atoms with E-state index in [9.17, 15) is 0 Å². The topological polar surface area (TPSA) is 61.3 Å². The third kappa shape index (κ3) is 4.53. The van der Waals surface area contributed by atoms with E-state index >= 15 is 0 Å². The highest BCUT2D eigenvalue weighted by Gasteiger charge is 2.05. The molecule has 0 aliphatic carbocycles. The van der Waals surface area contributed by atoms with Gasteiger partial charge in [0.1, 0.15) is 12.1 Å². The van der Waals surface area contributed by atoms with Gasteiger partial charge in [0, 0.05) is 18.4 Å². The van der Waals surface area contributed by atoms with Gasteiger partial charge in [0.15, 0.2) is 5.58 Å². The van der Waals surface area contributed by atoms with Crippen LogP contribution in [0.15, 0.2) is 22.6 Å². The summed E-state index contributed by atoms with van der Waals surface area (Å²) < 4.78 is 11.2. The van der Waals surface area contributed by atoms with Crippen molar-refractivity contribution in [2.75, 3.05) is 12.3 Å². The van der Waals surface area contributed by atoms with Gasteiger partial charge in [-0.3, -0.25) is 0 Å². The molecular weight excluding hydrogens is 252 g/mol. The Morgan fingerprint density at radius 2 is 1.95 bits per heavy atom. The molecule has 0 fully saturated rings. The summed E-state index contributed by atoms with van der Waals surface area (Å²) >= 11 is 0. The van der Waals surface area contributed by atoms with Gasteiger partial charge in [0.05, 0.1) is 0 Å². The van der Waals surface area contributed by atoms with Crippen molar-refractivity contribution in [1.29, 1.82) is 0 Å². The zero-order chi connectivity index (χ0) is 14.2. The van der Waals surface area contributed by atoms with Crippen molar-refractivity contribution in [3.63, 3.8) is 0 Å². The molecule has 0 saturated carbocycles. The summed E-state index contributed by atoms with van der Waals surface area (Å²) in [6, 6.07) is 5.48. The van der Waals surface area contributed by atoms with Gasteiger partial charge in [-0.2, -0.15) is 0 Å². The average Bonchev–Trinajstić information content (AvgIpc) is 2.83. The number of ether oxygens (including phenoxy) is 1. The lowest BCUT2D eigenvalue weighted by atomic mass is 10.1. The second kappa shape index (κ2) is 7.90. The molecule has 0 amide bonds. The highest BCUT2D eigenvalue weighted by molar-refractivity contribution is 5.76. The highest BCUT2D eigenvalue weighted by Crippen LogP contribution is 2.18. The van der Waals surface area contributed by atoms with E-state index in [2.05, 4.69) is 11.9 Å². The lowest BCUT2D eigenvalue weighted by molar-refractivity contribution is 0.100. The first-order valence-corrected chi connectivity index (χ1v) is 7.52. The Balaban J connectivity index is 1.65. The van der Waals surface area contributed by atoms with E-state index in [0.717, 1.165) is 24.1 Å². The predicted octanol–water partition coefficient (Wildman–Crippen LogP) is 4.29. The summed E-state index contributed by atoms with van der Waals surface area (Å²) in [5.41, 5.74) is 7.95. The largest absolute Gasteiger partial charge is 0.438 e. The quantitative estimate of drug-likeness (QED) is 0.548. The molecule has 0 aliphatic heterocycles. The minimum atomic E-state index is 0.434. The normalized spacial score (nSPS) is 11.2. The number of oxazole rings is 1. The predicted molar refractivity (Wildman–Crippen MR) is 81.5 cm³/mol. The minimum absolute atomic E-state index is 0.434. The minimum Gasteiger partial charge on any atom is -0.438 e. The molecule has 0 saturated heterocycles. The fraction of sp³-hybridized carbons (Fsp3) is 0.562. The number of anilines is 1. The third-order valence-electron chi connectivity index (χ3n) is 3.32. The number of unbranched alkanes of at least 4 members (excludes halogenated alkanes) is 5. The van der Waals surface area contributed by atoms with Crippen molar-refractivity contribution >= 4 is 16.8 Å². The van der Waals surface area contributed by atoms with Gasteiger partial charge in [-0.15, -0.1) is 0 Å². The van der Waals surface area contributed by atoms with Crippen LogP contribution in [0.5, 0.6) is 0 Å². The zero-order valence-electron chi connectivity index (χ0n) is 12.2. The Bertz CT molecular complexity index is 522. The van der Waals surface area contributed by atoms with E-state index in [1.165, 1.54) is 32.1 Å². The Kier molecular flexibility index (Phi) is 5.87. The van der Waals surface area contributed by atoms with Crippen LogP contribution in [-0.4, -0.2) is 11.6 Å². The van der Waals surface area contributed by atoms with Crippen LogP contribution in [-0.2, 0) is 11.3 Å². The van der Waals surface area contributed by atoms with Gasteiger partial charge in [-0.25, -0.2) is 4.98 Å². The zero-order valence-corrected chi connectivity index (χ0v) is 12.2. The summed E-state index contributed by atoms with van der Waals surface area (Å²) in [7, 11) is 0. The smallest absolute Gasteiger partial charge is 0.221 e. The lowest BCUT2D eigenvalue weighted by Crippen LogP contribution is -1.95. The molecule has 1 aromatic carbocycles. The number of rotatable bonds is 9. The molecule has 0 spiro atoms. The van der Waals surface area contributed by atoms with Crippen LogP contribution in [0.25, 0.3) is 11.1 Å². The highest BCUT2D eigenvalue weighted by atomic mass is 16.5. The first-order valence-electron chi connectivity index (χ1n) is 7.52. The number of hydrogen-bond acceptors (Lipinski definition) is 4. The molecule has 1 aromatic heterocycles. The third-order valence-corrected chi connectivity index (χ3v) is 3.32. The van der Waals surface area contributed by atoms with Gasteiger partial charge < -0.3 is 14.9 Å². The van der Waals surface area contributed by atoms with E-state index in [1.807, 2.05) is 12.1 Å². The van der Waals surface area contributed by atoms with Gasteiger partial charge in [0.25, 0.3) is 0 Å². The van der Waals surface area contributed by atoms with Crippen LogP contribution in [0.1, 0.15) is 51.3 Å². The van der Waals surface area contributed by atoms with Gasteiger partial charge in [-0.1, -0.05) is 39.0 Å². The fourth-order valence-corrected chi connectivity index (χ4v) is 2.19. The molecule has 2 rings (SSSR count). The van der Waals surface area contributed by atoms with Crippen molar-refractivity contribution in [1.82, 2.24) is 4.98 Å². The Hall–Kier alpha value is -1.55. The number of hydrogen-bond donors (Lipinski definition) is 1. The van der Waals surface area contributed by atoms with E-state index in [0.29, 0.717) is 18.2 Å². The van der Waals surface area contributed by atoms with Gasteiger partial charge in [0.2, 0.25) is 5.89 Å². The van der Waals surface area contributed by atoms with Crippen LogP contribution in [0, 0.1) is 0 Å². The van der Waals surface area contributed by atoms with Crippen LogP contribution in [0.4, 0.5) is 5.69 Å². The second-order valence-corrected chi connectivity index (χ2v) is 5.16. The second-order valence-electron chi connectivity index (χ2n) is 5.16. The Morgan fingerprint density at radius 1 is 1.15 bits per heavy atom. The van der Waals surface area contributed by atoms with Crippen molar-refractivity contribution in [2.24, 2.45) is 0 Å². The molecule has 4 nitrogen and oxygen atoms in total. The number of nitrogen functional groups attached to an aromatic ring is 1. The van der Waals surface area contributed by atoms with Crippen LogP contribution < -0.4 is 5.73 Å². The summed E-state index contributed by atoms with van der Waals surface area (Å²) in [6.45, 7) is 3.44. The number of nitrogens with two attached hydrogens (primary N) is 1. The molecule has 0 aliphatic rings. The number of benzene rings is 1. The van der Waals surface area contributed by atoms with Crippen molar-refractivity contribution in [3.8, 4) is 0 Å². The first-order chi connectivity index (χ1) is 9.79. The van der Waals surface area contributed by atoms with Gasteiger partial charge >= 0.3 is 0 Å². The Labute approximate surface area is 120 Å². The summed E-state index contributed by atoms with van der Waals surface area (Å²) in [6.07, 6.45) is 7.62. The fourth-order valence-electron chi connectivity index (χ4n) is 2.19. The molecule has 20 heavy (non-hydrogen) atoms. The molecule has 2 N–H and O–H groups in total. The molecule has 2 aromatic rings. The van der Waals surface area contributed by atoms with E-state index in [4.69, 9.17) is 14.9 Å². The van der Waals surface area contributed by atoms with Crippen LogP contribution in [0.3, 0.4) is 0 Å². The first kappa shape index (κ1) is 14.9. The van der Waals surface area contributed by atoms with Crippen molar-refractivity contribution in [3.05, 3.63) is 24.1 Å². The lowest BCUT2D eigenvalue weighted by Gasteiger charge is -2.01. The van der Waals surface area contributed by atoms with Crippen LogP contribution in [0.2, 0.25) is 0 Å². The van der Waals surface area contributed by atoms with Crippen LogP contribution >= 0.6 is 0 Å². The molecule has 0 bridgehead atoms. The average molecular weight is 276 g/mol. The van der Waals surface area contributed by atoms with E-state index in [1.54, 1.807) is 6.07 Å². The molecule has 1 heterocycles. The standard InChI is InChI=1S/C16H24N2O2/c1-2-3-4-5-6-7-10-19-12-16-18-14-9-8-13(17)11-15(14)20-16/h8-9,11H,2-7,10,12,17H2,1H3. The Morgan fingerprint density at radius 3 is 2.80 bits per heavy atom. The molecule has 110 valence electrons. The number of nitrogens with zero attached hydrogens (tertiary/aromatic N) is 1. The van der Waals surface area contributed by atoms with Crippen molar-refractivity contribution in [2.45, 2.75) is 52.1 Å². The summed E-state index contributed by atoms with van der Waals surface area (Å²) in [4.78, 5) is 4.36. The maximum Gasteiger partial charge on any atom is 0.221 e. The molecular formula is C16H24N2O2. The summed E-state index contributed by atoms with van der Waals surface area (Å²) in [5.74, 6) is 0.622. The van der Waals surface area contributed by atoms with E-state index in [-0.39, 0.29) is 0 Å². The number of aromatic nitrogens is 1.